The van der Waals surface area contributed by atoms with E-state index in [9.17, 15) is 4.79 Å². The highest BCUT2D eigenvalue weighted by molar-refractivity contribution is 5.95. The Balaban J connectivity index is 1.68. The van der Waals surface area contributed by atoms with Gasteiger partial charge in [0.15, 0.2) is 17.3 Å². The summed E-state index contributed by atoms with van der Waals surface area (Å²) in [7, 11) is 0. The fraction of sp³-hybridized carbons (Fsp3) is 0.286. The summed E-state index contributed by atoms with van der Waals surface area (Å²) in [5.41, 5.74) is 6.17. The van der Waals surface area contributed by atoms with E-state index in [4.69, 9.17) is 5.10 Å². The molecule has 4 aromatic rings. The fourth-order valence-corrected chi connectivity index (χ4v) is 3.98. The minimum Gasteiger partial charge on any atom is -0.310 e. The molecular formula is C21H21N7O. The van der Waals surface area contributed by atoms with Gasteiger partial charge < -0.3 is 5.32 Å². The molecule has 0 aliphatic carbocycles. The lowest BCUT2D eigenvalue weighted by Gasteiger charge is -2.24. The van der Waals surface area contributed by atoms with E-state index in [0.29, 0.717) is 29.5 Å². The number of carbonyl (C=O) groups excluding carboxylic acids is 1. The molecule has 0 spiro atoms. The third kappa shape index (κ3) is 2.71. The molecule has 29 heavy (non-hydrogen) atoms. The maximum Gasteiger partial charge on any atom is 0.226 e. The second-order valence-corrected chi connectivity index (χ2v) is 7.62. The monoisotopic (exact) mass is 387 g/mol. The Labute approximate surface area is 167 Å². The van der Waals surface area contributed by atoms with Gasteiger partial charge in [-0.3, -0.25) is 4.79 Å². The lowest BCUT2D eigenvalue weighted by Crippen LogP contribution is -2.25. The van der Waals surface area contributed by atoms with Crippen molar-refractivity contribution in [1.82, 2.24) is 29.6 Å². The van der Waals surface area contributed by atoms with Crippen LogP contribution in [0, 0.1) is 27.7 Å². The zero-order valence-electron chi connectivity index (χ0n) is 16.8. The molecular weight excluding hydrogens is 366 g/mol. The van der Waals surface area contributed by atoms with Crippen molar-refractivity contribution in [2.24, 2.45) is 0 Å². The summed E-state index contributed by atoms with van der Waals surface area (Å²) in [6.45, 7) is 8.01. The Bertz CT molecular complexity index is 1280. The van der Waals surface area contributed by atoms with Crippen molar-refractivity contribution in [2.45, 2.75) is 40.0 Å². The van der Waals surface area contributed by atoms with E-state index in [1.54, 1.807) is 9.20 Å². The van der Waals surface area contributed by atoms with Gasteiger partial charge in [-0.05, 0) is 56.5 Å². The summed E-state index contributed by atoms with van der Waals surface area (Å²) in [4.78, 5) is 12.6. The summed E-state index contributed by atoms with van der Waals surface area (Å²) in [5, 5.41) is 20.5. The van der Waals surface area contributed by atoms with E-state index in [-0.39, 0.29) is 11.8 Å². The van der Waals surface area contributed by atoms with Crippen LogP contribution in [0.25, 0.3) is 11.5 Å². The zero-order chi connectivity index (χ0) is 20.3. The molecule has 8 nitrogen and oxygen atoms in total. The molecule has 4 heterocycles. The van der Waals surface area contributed by atoms with Crippen LogP contribution in [0.1, 0.15) is 46.1 Å². The van der Waals surface area contributed by atoms with Crippen molar-refractivity contribution in [3.8, 4) is 5.82 Å². The van der Waals surface area contributed by atoms with Crippen molar-refractivity contribution in [3.63, 3.8) is 0 Å². The predicted octanol–water partition coefficient (Wildman–Crippen LogP) is 3.02. The Kier molecular flexibility index (Phi) is 3.77. The number of carbonyl (C=O) groups is 1. The molecule has 0 unspecified atom stereocenters. The number of anilines is 1. The highest BCUT2D eigenvalue weighted by Crippen LogP contribution is 2.40. The van der Waals surface area contributed by atoms with Crippen LogP contribution >= 0.6 is 0 Å². The lowest BCUT2D eigenvalue weighted by molar-refractivity contribution is -0.116. The largest absolute Gasteiger partial charge is 0.310 e. The maximum atomic E-state index is 12.6. The summed E-state index contributed by atoms with van der Waals surface area (Å²) in [6.07, 6.45) is 0.402. The van der Waals surface area contributed by atoms with Gasteiger partial charge in [0.1, 0.15) is 5.82 Å². The first-order chi connectivity index (χ1) is 13.9. The molecule has 3 aromatic heterocycles. The molecule has 1 aliphatic rings. The minimum absolute atomic E-state index is 0.0246. The van der Waals surface area contributed by atoms with Gasteiger partial charge in [0.25, 0.3) is 0 Å². The van der Waals surface area contributed by atoms with Crippen LogP contribution in [-0.4, -0.2) is 35.5 Å². The summed E-state index contributed by atoms with van der Waals surface area (Å²) < 4.78 is 3.37. The number of benzene rings is 1. The molecule has 0 fully saturated rings. The van der Waals surface area contributed by atoms with E-state index < -0.39 is 0 Å². The Hall–Kier alpha value is -3.55. The number of rotatable bonds is 2. The SMILES string of the molecule is Cc1ccc([C@H]2CC(=O)Nc3c2c(C)nn3-c2ccc3nnc(C)n3n2)cc1C. The van der Waals surface area contributed by atoms with Gasteiger partial charge in [-0.15, -0.1) is 15.3 Å². The van der Waals surface area contributed by atoms with E-state index in [2.05, 4.69) is 52.7 Å². The van der Waals surface area contributed by atoms with Gasteiger partial charge in [0.2, 0.25) is 5.91 Å². The zero-order valence-corrected chi connectivity index (χ0v) is 16.8. The Morgan fingerprint density at radius 2 is 1.83 bits per heavy atom. The van der Waals surface area contributed by atoms with Gasteiger partial charge in [-0.25, -0.2) is 0 Å². The lowest BCUT2D eigenvalue weighted by atomic mass is 9.84. The molecule has 0 saturated carbocycles. The normalized spacial score (nSPS) is 16.1. The second kappa shape index (κ2) is 6.23. The van der Waals surface area contributed by atoms with Crippen LogP contribution in [0.15, 0.2) is 30.3 Å². The molecule has 146 valence electrons. The number of aryl methyl sites for hydroxylation is 4. The number of nitrogens with zero attached hydrogens (tertiary/aromatic N) is 6. The van der Waals surface area contributed by atoms with E-state index >= 15 is 0 Å². The highest BCUT2D eigenvalue weighted by atomic mass is 16.1. The average molecular weight is 387 g/mol. The summed E-state index contributed by atoms with van der Waals surface area (Å²) in [5.74, 6) is 1.91. The van der Waals surface area contributed by atoms with Crippen molar-refractivity contribution in [3.05, 3.63) is 64.1 Å². The average Bonchev–Trinajstić information content (AvgIpc) is 3.23. The van der Waals surface area contributed by atoms with Gasteiger partial charge in [0, 0.05) is 17.9 Å². The molecule has 1 amide bonds. The molecule has 1 atom stereocenters. The van der Waals surface area contributed by atoms with Crippen LogP contribution < -0.4 is 5.32 Å². The Morgan fingerprint density at radius 3 is 2.62 bits per heavy atom. The first-order valence-electron chi connectivity index (χ1n) is 9.58. The summed E-state index contributed by atoms with van der Waals surface area (Å²) >= 11 is 0. The number of nitrogens with one attached hydrogen (secondary N) is 1. The number of hydrogen-bond acceptors (Lipinski definition) is 5. The highest BCUT2D eigenvalue weighted by Gasteiger charge is 2.33. The van der Waals surface area contributed by atoms with E-state index in [1.807, 2.05) is 26.0 Å². The Morgan fingerprint density at radius 1 is 1.00 bits per heavy atom. The fourth-order valence-electron chi connectivity index (χ4n) is 3.98. The van der Waals surface area contributed by atoms with Crippen molar-refractivity contribution < 1.29 is 4.79 Å². The molecule has 1 aliphatic heterocycles. The van der Waals surface area contributed by atoms with E-state index in [1.165, 1.54) is 11.1 Å². The van der Waals surface area contributed by atoms with Crippen LogP contribution in [0.4, 0.5) is 5.82 Å². The first-order valence-corrected chi connectivity index (χ1v) is 9.58. The molecule has 0 saturated heterocycles. The third-order valence-corrected chi connectivity index (χ3v) is 5.66. The van der Waals surface area contributed by atoms with Crippen molar-refractivity contribution in [2.75, 3.05) is 5.32 Å². The molecule has 1 aromatic carbocycles. The first kappa shape index (κ1) is 17.5. The molecule has 0 radical (unpaired) electrons. The number of amides is 1. The summed E-state index contributed by atoms with van der Waals surface area (Å²) in [6, 6.07) is 10.1. The second-order valence-electron chi connectivity index (χ2n) is 7.62. The van der Waals surface area contributed by atoms with E-state index in [0.717, 1.165) is 16.8 Å². The van der Waals surface area contributed by atoms with Gasteiger partial charge in [0.05, 0.1) is 5.69 Å². The molecule has 8 heteroatoms. The number of aromatic nitrogens is 6. The van der Waals surface area contributed by atoms with Crippen LogP contribution in [0.3, 0.4) is 0 Å². The molecule has 5 rings (SSSR count). The van der Waals surface area contributed by atoms with Gasteiger partial charge in [-0.2, -0.15) is 14.3 Å². The number of hydrogen-bond donors (Lipinski definition) is 1. The topological polar surface area (TPSA) is 90.0 Å². The predicted molar refractivity (Wildman–Crippen MR) is 108 cm³/mol. The van der Waals surface area contributed by atoms with Crippen molar-refractivity contribution >= 4 is 17.4 Å². The standard InChI is InChI=1S/C21H21N7O/c1-11-5-6-15(9-12(11)2)16-10-19(29)22-21-20(16)13(3)25-28(21)18-8-7-17-24-23-14(4)27(17)26-18/h5-9,16H,10H2,1-4H3,(H,22,29)/t16-/m1/s1. The van der Waals surface area contributed by atoms with Crippen LogP contribution in [0.5, 0.6) is 0 Å². The van der Waals surface area contributed by atoms with Crippen LogP contribution in [0.2, 0.25) is 0 Å². The maximum absolute atomic E-state index is 12.6. The van der Waals surface area contributed by atoms with Gasteiger partial charge >= 0.3 is 0 Å². The smallest absolute Gasteiger partial charge is 0.226 e. The minimum atomic E-state index is -0.0350. The molecule has 0 bridgehead atoms. The van der Waals surface area contributed by atoms with Gasteiger partial charge in [-0.1, -0.05) is 18.2 Å². The van der Waals surface area contributed by atoms with Crippen molar-refractivity contribution in [1.29, 1.82) is 0 Å². The number of fused-ring (bicyclic) bond motifs is 2. The molecule has 1 N–H and O–H groups in total. The van der Waals surface area contributed by atoms with Crippen LogP contribution in [-0.2, 0) is 4.79 Å². The quantitative estimate of drug-likeness (QED) is 0.571. The third-order valence-electron chi connectivity index (χ3n) is 5.66.